The van der Waals surface area contributed by atoms with Crippen molar-refractivity contribution in [1.29, 1.82) is 0 Å². The number of hydrogen-bond donors (Lipinski definition) is 2. The number of benzene rings is 1. The van der Waals surface area contributed by atoms with Crippen molar-refractivity contribution in [3.8, 4) is 0 Å². The summed E-state index contributed by atoms with van der Waals surface area (Å²) in [4.78, 5) is 27.9. The van der Waals surface area contributed by atoms with E-state index in [9.17, 15) is 9.59 Å². The number of carbonyl (C=O) groups excluding carboxylic acids is 1. The molecule has 8 heteroatoms. The second-order valence-electron chi connectivity index (χ2n) is 5.87. The fourth-order valence-corrected chi connectivity index (χ4v) is 2.96. The van der Waals surface area contributed by atoms with E-state index in [4.69, 9.17) is 4.74 Å². The minimum atomic E-state index is -0.408. The van der Waals surface area contributed by atoms with Gasteiger partial charge >= 0.3 is 5.97 Å². The van der Waals surface area contributed by atoms with Gasteiger partial charge in [-0.1, -0.05) is 12.1 Å². The standard InChI is InChI=1S/C18H18N4O3S/c1-11(2)25-17(24)12-5-3-6-13(9-12)19-18-20-16(23)15(21-22-18)10-14-7-4-8-26-14/h3-9,11H,10H2,1-2H3,(H2,19,20,22,23). The largest absolute Gasteiger partial charge is 0.459 e. The van der Waals surface area contributed by atoms with E-state index in [0.29, 0.717) is 23.4 Å². The Hall–Kier alpha value is -3.00. The van der Waals surface area contributed by atoms with Gasteiger partial charge in [0.2, 0.25) is 5.95 Å². The number of aromatic amines is 1. The van der Waals surface area contributed by atoms with E-state index >= 15 is 0 Å². The van der Waals surface area contributed by atoms with Crippen molar-refractivity contribution in [3.63, 3.8) is 0 Å². The Labute approximate surface area is 154 Å². The first-order valence-electron chi connectivity index (χ1n) is 8.07. The summed E-state index contributed by atoms with van der Waals surface area (Å²) in [5, 5.41) is 12.9. The van der Waals surface area contributed by atoms with Gasteiger partial charge in [-0.2, -0.15) is 0 Å². The third-order valence-corrected chi connectivity index (χ3v) is 4.27. The number of nitrogens with zero attached hydrogens (tertiary/aromatic N) is 2. The molecule has 0 aliphatic carbocycles. The fraction of sp³-hybridized carbons (Fsp3) is 0.222. The molecule has 2 N–H and O–H groups in total. The quantitative estimate of drug-likeness (QED) is 0.647. The van der Waals surface area contributed by atoms with Gasteiger partial charge in [-0.05, 0) is 43.5 Å². The van der Waals surface area contributed by atoms with E-state index in [2.05, 4.69) is 20.5 Å². The Morgan fingerprint density at radius 2 is 2.12 bits per heavy atom. The van der Waals surface area contributed by atoms with E-state index in [0.717, 1.165) is 4.88 Å². The molecular formula is C18H18N4O3S. The van der Waals surface area contributed by atoms with Crippen LogP contribution >= 0.6 is 11.3 Å². The molecule has 0 saturated heterocycles. The van der Waals surface area contributed by atoms with Crippen molar-refractivity contribution in [3.05, 3.63) is 68.3 Å². The summed E-state index contributed by atoms with van der Waals surface area (Å²) in [5.41, 5.74) is 1.06. The smallest absolute Gasteiger partial charge is 0.338 e. The third-order valence-electron chi connectivity index (χ3n) is 3.39. The first kappa shape index (κ1) is 17.8. The molecule has 0 unspecified atom stereocenters. The minimum absolute atomic E-state index is 0.197. The topological polar surface area (TPSA) is 97.0 Å². The lowest BCUT2D eigenvalue weighted by atomic mass is 10.2. The summed E-state index contributed by atoms with van der Waals surface area (Å²) in [6, 6.07) is 10.6. The van der Waals surface area contributed by atoms with Crippen LogP contribution in [0.4, 0.5) is 11.6 Å². The molecule has 0 bridgehead atoms. The van der Waals surface area contributed by atoms with Gasteiger partial charge in [-0.25, -0.2) is 4.79 Å². The Bertz CT molecular complexity index is 951. The number of esters is 1. The average molecular weight is 370 g/mol. The molecule has 7 nitrogen and oxygen atoms in total. The van der Waals surface area contributed by atoms with Crippen LogP contribution in [0.15, 0.2) is 46.6 Å². The molecule has 2 heterocycles. The van der Waals surface area contributed by atoms with Crippen LogP contribution in [-0.2, 0) is 11.2 Å². The highest BCUT2D eigenvalue weighted by molar-refractivity contribution is 7.09. The van der Waals surface area contributed by atoms with E-state index in [1.54, 1.807) is 49.4 Å². The van der Waals surface area contributed by atoms with Crippen molar-refractivity contribution in [2.24, 2.45) is 0 Å². The molecule has 3 rings (SSSR count). The maximum atomic E-state index is 12.2. The number of hydrogen-bond acceptors (Lipinski definition) is 7. The van der Waals surface area contributed by atoms with Crippen LogP contribution < -0.4 is 10.9 Å². The molecule has 0 atom stereocenters. The average Bonchev–Trinajstić information content (AvgIpc) is 3.10. The minimum Gasteiger partial charge on any atom is -0.459 e. The summed E-state index contributed by atoms with van der Waals surface area (Å²) in [7, 11) is 0. The van der Waals surface area contributed by atoms with Crippen molar-refractivity contribution in [2.45, 2.75) is 26.4 Å². The van der Waals surface area contributed by atoms with Crippen LogP contribution in [0.25, 0.3) is 0 Å². The van der Waals surface area contributed by atoms with Gasteiger partial charge in [0.25, 0.3) is 5.56 Å². The predicted octanol–water partition coefficient (Wildman–Crippen LogP) is 3.13. The molecule has 134 valence electrons. The maximum Gasteiger partial charge on any atom is 0.338 e. The summed E-state index contributed by atoms with van der Waals surface area (Å²) in [5.74, 6) is -0.200. The van der Waals surface area contributed by atoms with Crippen molar-refractivity contribution >= 4 is 28.9 Å². The van der Waals surface area contributed by atoms with Crippen molar-refractivity contribution in [2.75, 3.05) is 5.32 Å². The van der Waals surface area contributed by atoms with Crippen molar-refractivity contribution in [1.82, 2.24) is 15.2 Å². The summed E-state index contributed by atoms with van der Waals surface area (Å²) >= 11 is 1.56. The molecule has 0 fully saturated rings. The van der Waals surface area contributed by atoms with Crippen LogP contribution in [0.3, 0.4) is 0 Å². The van der Waals surface area contributed by atoms with E-state index in [1.165, 1.54) is 0 Å². The second kappa shape index (κ2) is 7.92. The summed E-state index contributed by atoms with van der Waals surface area (Å²) < 4.78 is 5.17. The number of ether oxygens (including phenoxy) is 1. The molecule has 1 aromatic carbocycles. The van der Waals surface area contributed by atoms with Crippen LogP contribution in [0.2, 0.25) is 0 Å². The van der Waals surface area contributed by atoms with Gasteiger partial charge in [0, 0.05) is 17.0 Å². The lowest BCUT2D eigenvalue weighted by Crippen LogP contribution is -2.18. The Balaban J connectivity index is 1.74. The zero-order valence-corrected chi connectivity index (χ0v) is 15.2. The van der Waals surface area contributed by atoms with Gasteiger partial charge in [0.15, 0.2) is 0 Å². The SMILES string of the molecule is CC(C)OC(=O)c1cccc(Nc2nnc(Cc3cccs3)c(=O)[nH]2)c1. The van der Waals surface area contributed by atoms with Crippen LogP contribution in [-0.4, -0.2) is 27.3 Å². The molecule has 0 aliphatic heterocycles. The van der Waals surface area contributed by atoms with E-state index < -0.39 is 5.97 Å². The maximum absolute atomic E-state index is 12.2. The normalized spacial score (nSPS) is 10.7. The lowest BCUT2D eigenvalue weighted by molar-refractivity contribution is 0.0378. The monoisotopic (exact) mass is 370 g/mol. The van der Waals surface area contributed by atoms with E-state index in [-0.39, 0.29) is 17.6 Å². The second-order valence-corrected chi connectivity index (χ2v) is 6.90. The molecule has 0 amide bonds. The van der Waals surface area contributed by atoms with Crippen molar-refractivity contribution < 1.29 is 9.53 Å². The number of aromatic nitrogens is 3. The number of anilines is 2. The highest BCUT2D eigenvalue weighted by Crippen LogP contribution is 2.16. The molecule has 0 aliphatic rings. The van der Waals surface area contributed by atoms with Gasteiger partial charge in [0.1, 0.15) is 5.69 Å². The Morgan fingerprint density at radius 1 is 1.27 bits per heavy atom. The number of nitrogens with one attached hydrogen (secondary N) is 2. The van der Waals surface area contributed by atoms with Gasteiger partial charge in [-0.15, -0.1) is 21.5 Å². The first-order valence-corrected chi connectivity index (χ1v) is 8.95. The molecule has 26 heavy (non-hydrogen) atoms. The molecule has 3 aromatic rings. The molecular weight excluding hydrogens is 352 g/mol. The lowest BCUT2D eigenvalue weighted by Gasteiger charge is -2.09. The predicted molar refractivity (Wildman–Crippen MR) is 100 cm³/mol. The molecule has 0 spiro atoms. The third kappa shape index (κ3) is 4.54. The highest BCUT2D eigenvalue weighted by Gasteiger charge is 2.11. The van der Waals surface area contributed by atoms with Crippen LogP contribution in [0.1, 0.15) is 34.8 Å². The number of H-pyrrole nitrogens is 1. The van der Waals surface area contributed by atoms with E-state index in [1.807, 2.05) is 17.5 Å². The Kier molecular flexibility index (Phi) is 5.43. The zero-order chi connectivity index (χ0) is 18.5. The molecule has 0 saturated carbocycles. The summed E-state index contributed by atoms with van der Waals surface area (Å²) in [6.45, 7) is 3.58. The van der Waals surface area contributed by atoms with Gasteiger partial charge in [0.05, 0.1) is 11.7 Å². The number of carbonyl (C=O) groups is 1. The van der Waals surface area contributed by atoms with Gasteiger partial charge < -0.3 is 10.1 Å². The van der Waals surface area contributed by atoms with Gasteiger partial charge in [-0.3, -0.25) is 9.78 Å². The molecule has 2 aromatic heterocycles. The van der Waals surface area contributed by atoms with Crippen LogP contribution in [0, 0.1) is 0 Å². The zero-order valence-electron chi connectivity index (χ0n) is 14.4. The Morgan fingerprint density at radius 3 is 2.81 bits per heavy atom. The first-order chi connectivity index (χ1) is 12.5. The number of thiophene rings is 1. The summed E-state index contributed by atoms with van der Waals surface area (Å²) in [6.07, 6.45) is 0.244. The molecule has 0 radical (unpaired) electrons. The highest BCUT2D eigenvalue weighted by atomic mass is 32.1. The van der Waals surface area contributed by atoms with Crippen LogP contribution in [0.5, 0.6) is 0 Å². The fourth-order valence-electron chi connectivity index (χ4n) is 2.25. The number of rotatable bonds is 6.